The number of non-ortho nitro benzene ring substituents is 1. The minimum Gasteiger partial charge on any atom is -0.359 e. The van der Waals surface area contributed by atoms with Gasteiger partial charge in [-0.25, -0.2) is 0 Å². The van der Waals surface area contributed by atoms with Gasteiger partial charge in [0.15, 0.2) is 0 Å². The summed E-state index contributed by atoms with van der Waals surface area (Å²) in [4.78, 5) is 10.1. The Hall–Kier alpha value is -1.17. The van der Waals surface area contributed by atoms with Crippen molar-refractivity contribution in [3.63, 3.8) is 0 Å². The second-order valence-corrected chi connectivity index (χ2v) is 3.50. The van der Waals surface area contributed by atoms with E-state index in [1.165, 1.54) is 25.3 Å². The molecule has 0 saturated heterocycles. The highest BCUT2D eigenvalue weighted by molar-refractivity contribution is 6.31. The fourth-order valence-electron chi connectivity index (χ4n) is 1.19. The first-order chi connectivity index (χ1) is 7.65. The average molecular weight is 246 g/mol. The molecule has 0 aliphatic heterocycles. The maximum Gasteiger partial charge on any atom is 0.269 e. The van der Waals surface area contributed by atoms with Gasteiger partial charge in [-0.3, -0.25) is 10.1 Å². The molecule has 0 atom stereocenters. The van der Waals surface area contributed by atoms with Crippen molar-refractivity contribution in [3.8, 4) is 0 Å². The molecule has 0 heterocycles. The van der Waals surface area contributed by atoms with Crippen LogP contribution in [0.15, 0.2) is 18.2 Å². The van der Waals surface area contributed by atoms with E-state index in [-0.39, 0.29) is 12.5 Å². The summed E-state index contributed by atoms with van der Waals surface area (Å²) in [6.07, 6.45) is 0.518. The molecule has 0 amide bonds. The molecule has 1 rings (SSSR count). The fourth-order valence-corrected chi connectivity index (χ4v) is 1.40. The van der Waals surface area contributed by atoms with Crippen LogP contribution in [-0.2, 0) is 15.9 Å². The van der Waals surface area contributed by atoms with Gasteiger partial charge in [0.2, 0.25) is 0 Å². The van der Waals surface area contributed by atoms with E-state index >= 15 is 0 Å². The molecular weight excluding hydrogens is 234 g/mol. The van der Waals surface area contributed by atoms with Crippen LogP contribution >= 0.6 is 11.6 Å². The summed E-state index contributed by atoms with van der Waals surface area (Å²) in [7, 11) is 1.53. The summed E-state index contributed by atoms with van der Waals surface area (Å²) in [6.45, 7) is 0.612. The first kappa shape index (κ1) is 12.9. The highest BCUT2D eigenvalue weighted by atomic mass is 35.5. The van der Waals surface area contributed by atoms with E-state index in [1.54, 1.807) is 0 Å². The van der Waals surface area contributed by atoms with Crippen LogP contribution in [-0.4, -0.2) is 25.4 Å². The summed E-state index contributed by atoms with van der Waals surface area (Å²) in [5.41, 5.74) is 0.734. The normalized spacial score (nSPS) is 10.4. The van der Waals surface area contributed by atoms with Crippen molar-refractivity contribution in [1.82, 2.24) is 0 Å². The number of rotatable bonds is 6. The Kier molecular flexibility index (Phi) is 5.18. The van der Waals surface area contributed by atoms with Crippen molar-refractivity contribution >= 4 is 17.3 Å². The smallest absolute Gasteiger partial charge is 0.269 e. The predicted molar refractivity (Wildman–Crippen MR) is 59.6 cm³/mol. The zero-order valence-corrected chi connectivity index (χ0v) is 9.57. The number of halogens is 1. The van der Waals surface area contributed by atoms with Crippen LogP contribution < -0.4 is 0 Å². The number of nitro benzene ring substituents is 1. The summed E-state index contributed by atoms with van der Waals surface area (Å²) in [6, 6.07) is 4.35. The molecule has 0 aliphatic carbocycles. The van der Waals surface area contributed by atoms with Crippen LogP contribution in [0.5, 0.6) is 0 Å². The molecule has 16 heavy (non-hydrogen) atoms. The largest absolute Gasteiger partial charge is 0.359 e. The molecule has 6 heteroatoms. The molecule has 0 aromatic heterocycles. The molecule has 0 bridgehead atoms. The van der Waals surface area contributed by atoms with Crippen LogP contribution in [0.1, 0.15) is 5.56 Å². The van der Waals surface area contributed by atoms with E-state index in [9.17, 15) is 10.1 Å². The maximum atomic E-state index is 10.6. The quantitative estimate of drug-likeness (QED) is 0.334. The van der Waals surface area contributed by atoms with Crippen LogP contribution in [0.3, 0.4) is 0 Å². The highest BCUT2D eigenvalue weighted by Crippen LogP contribution is 2.22. The predicted octanol–water partition coefficient (Wildman–Crippen LogP) is 2.41. The van der Waals surface area contributed by atoms with Gasteiger partial charge in [-0.05, 0) is 18.1 Å². The number of hydrogen-bond donors (Lipinski definition) is 0. The van der Waals surface area contributed by atoms with Crippen molar-refractivity contribution in [2.24, 2.45) is 0 Å². The molecule has 0 aliphatic rings. The van der Waals surface area contributed by atoms with E-state index in [4.69, 9.17) is 21.1 Å². The number of nitrogens with zero attached hydrogens (tertiary/aromatic N) is 1. The fraction of sp³-hybridized carbons (Fsp3) is 0.400. The van der Waals surface area contributed by atoms with Gasteiger partial charge in [0, 0.05) is 24.3 Å². The number of hydrogen-bond acceptors (Lipinski definition) is 4. The lowest BCUT2D eigenvalue weighted by molar-refractivity contribution is -0.384. The van der Waals surface area contributed by atoms with Crippen LogP contribution in [0, 0.1) is 10.1 Å². The van der Waals surface area contributed by atoms with Gasteiger partial charge in [-0.1, -0.05) is 11.6 Å². The molecule has 0 unspecified atom stereocenters. The topological polar surface area (TPSA) is 61.6 Å². The third-order valence-electron chi connectivity index (χ3n) is 1.96. The van der Waals surface area contributed by atoms with Crippen LogP contribution in [0.25, 0.3) is 0 Å². The minimum absolute atomic E-state index is 0.0335. The zero-order valence-electron chi connectivity index (χ0n) is 8.81. The molecule has 5 nitrogen and oxygen atoms in total. The number of methoxy groups -OCH3 is 1. The Bertz CT molecular complexity index is 370. The summed E-state index contributed by atoms with van der Waals surface area (Å²) in [5, 5.41) is 11.1. The minimum atomic E-state index is -0.449. The average Bonchev–Trinajstić information content (AvgIpc) is 2.26. The lowest BCUT2D eigenvalue weighted by Gasteiger charge is -2.05. The first-order valence-electron chi connectivity index (χ1n) is 4.64. The molecule has 0 fully saturated rings. The monoisotopic (exact) mass is 245 g/mol. The maximum absolute atomic E-state index is 10.6. The zero-order chi connectivity index (χ0) is 12.0. The van der Waals surface area contributed by atoms with Crippen molar-refractivity contribution < 1.29 is 14.4 Å². The van der Waals surface area contributed by atoms with Gasteiger partial charge in [-0.2, -0.15) is 0 Å². The molecular formula is C10H12ClNO4. The van der Waals surface area contributed by atoms with Crippen molar-refractivity contribution in [3.05, 3.63) is 38.9 Å². The van der Waals surface area contributed by atoms with Gasteiger partial charge >= 0.3 is 0 Å². The van der Waals surface area contributed by atoms with Crippen molar-refractivity contribution in [1.29, 1.82) is 0 Å². The van der Waals surface area contributed by atoms with Crippen LogP contribution in [0.4, 0.5) is 5.69 Å². The Morgan fingerprint density at radius 2 is 2.25 bits per heavy atom. The second-order valence-electron chi connectivity index (χ2n) is 3.10. The first-order valence-corrected chi connectivity index (χ1v) is 5.02. The molecule has 88 valence electrons. The second kappa shape index (κ2) is 6.42. The van der Waals surface area contributed by atoms with Crippen molar-refractivity contribution in [2.75, 3.05) is 20.5 Å². The summed E-state index contributed by atoms with van der Waals surface area (Å²) >= 11 is 5.90. The lowest BCUT2D eigenvalue weighted by atomic mass is 10.1. The Labute approximate surface area is 98.1 Å². The van der Waals surface area contributed by atoms with E-state index in [0.717, 1.165) is 0 Å². The molecule has 0 saturated carbocycles. The lowest BCUT2D eigenvalue weighted by Crippen LogP contribution is -2.02. The summed E-state index contributed by atoms with van der Waals surface area (Å²) in [5.74, 6) is 0. The molecule has 1 aromatic rings. The van der Waals surface area contributed by atoms with Crippen molar-refractivity contribution in [2.45, 2.75) is 6.42 Å². The summed E-state index contributed by atoms with van der Waals surface area (Å²) < 4.78 is 9.80. The van der Waals surface area contributed by atoms with Gasteiger partial charge in [0.1, 0.15) is 6.79 Å². The molecule has 0 radical (unpaired) electrons. The number of ether oxygens (including phenoxy) is 2. The van der Waals surface area contributed by atoms with Gasteiger partial charge in [0.25, 0.3) is 5.69 Å². The van der Waals surface area contributed by atoms with Gasteiger partial charge in [-0.15, -0.1) is 0 Å². The van der Waals surface area contributed by atoms with Crippen LogP contribution in [0.2, 0.25) is 5.02 Å². The van der Waals surface area contributed by atoms with Gasteiger partial charge < -0.3 is 9.47 Å². The van der Waals surface area contributed by atoms with E-state index in [0.29, 0.717) is 23.6 Å². The Morgan fingerprint density at radius 1 is 1.50 bits per heavy atom. The third kappa shape index (κ3) is 3.77. The standard InChI is InChI=1S/C10H12ClNO4/c1-15-7-16-5-4-8-6-9(12(13)14)2-3-10(8)11/h2-3,6H,4-5,7H2,1H3. The van der Waals surface area contributed by atoms with E-state index < -0.39 is 4.92 Å². The highest BCUT2D eigenvalue weighted by Gasteiger charge is 2.09. The Morgan fingerprint density at radius 3 is 2.88 bits per heavy atom. The van der Waals surface area contributed by atoms with E-state index in [2.05, 4.69) is 0 Å². The molecule has 0 N–H and O–H groups in total. The molecule has 0 spiro atoms. The van der Waals surface area contributed by atoms with Gasteiger partial charge in [0.05, 0.1) is 11.5 Å². The Balaban J connectivity index is 2.63. The number of benzene rings is 1. The van der Waals surface area contributed by atoms with E-state index in [1.807, 2.05) is 0 Å². The number of nitro groups is 1. The third-order valence-corrected chi connectivity index (χ3v) is 2.33. The SMILES string of the molecule is COCOCCc1cc([N+](=O)[O-])ccc1Cl. The molecule has 1 aromatic carbocycles.